The molecule has 0 spiro atoms. The van der Waals surface area contributed by atoms with Crippen LogP contribution in [0.2, 0.25) is 0 Å². The summed E-state index contributed by atoms with van der Waals surface area (Å²) in [6.07, 6.45) is 2.79. The molecule has 2 nitrogen and oxygen atoms in total. The molecule has 0 saturated carbocycles. The summed E-state index contributed by atoms with van der Waals surface area (Å²) >= 11 is 7.36. The quantitative estimate of drug-likeness (QED) is 0.773. The average Bonchev–Trinajstić information content (AvgIpc) is 2.77. The summed E-state index contributed by atoms with van der Waals surface area (Å²) in [4.78, 5) is 0. The Morgan fingerprint density at radius 2 is 1.94 bits per heavy atom. The van der Waals surface area contributed by atoms with Crippen molar-refractivity contribution < 1.29 is 0 Å². The van der Waals surface area contributed by atoms with Crippen molar-refractivity contribution in [1.82, 2.24) is 10.2 Å². The van der Waals surface area contributed by atoms with Gasteiger partial charge in [-0.1, -0.05) is 24.3 Å². The van der Waals surface area contributed by atoms with Gasteiger partial charge < -0.3 is 0 Å². The van der Waals surface area contributed by atoms with Crippen molar-refractivity contribution in [1.29, 1.82) is 0 Å². The minimum atomic E-state index is 0.687. The van der Waals surface area contributed by atoms with Gasteiger partial charge in [0.2, 0.25) is 0 Å². The van der Waals surface area contributed by atoms with Crippen LogP contribution in [-0.4, -0.2) is 16.1 Å². The van der Waals surface area contributed by atoms with E-state index in [1.54, 1.807) is 11.3 Å². The molecule has 0 unspecified atom stereocenters. The second kappa shape index (κ2) is 6.12. The van der Waals surface area contributed by atoms with Crippen LogP contribution < -0.4 is 0 Å². The number of aromatic nitrogens is 2. The number of nitrogens with zero attached hydrogens (tertiary/aromatic N) is 2. The standard InChI is InChI=1S/C13H15ClN2S/c1-10-5-2-3-6-11(10)9-13-16-15-12(17-13)7-4-8-14/h2-3,5-6H,4,7-9H2,1H3. The molecule has 4 heteroatoms. The fraction of sp³-hybridized carbons (Fsp3) is 0.385. The van der Waals surface area contributed by atoms with E-state index in [0.717, 1.165) is 29.3 Å². The van der Waals surface area contributed by atoms with Crippen LogP contribution in [0.4, 0.5) is 0 Å². The van der Waals surface area contributed by atoms with E-state index >= 15 is 0 Å². The van der Waals surface area contributed by atoms with E-state index in [0.29, 0.717) is 5.88 Å². The second-order valence-electron chi connectivity index (χ2n) is 3.99. The highest BCUT2D eigenvalue weighted by Crippen LogP contribution is 2.18. The smallest absolute Gasteiger partial charge is 0.121 e. The van der Waals surface area contributed by atoms with Gasteiger partial charge in [-0.05, 0) is 24.5 Å². The van der Waals surface area contributed by atoms with Crippen molar-refractivity contribution in [2.45, 2.75) is 26.2 Å². The number of hydrogen-bond donors (Lipinski definition) is 0. The van der Waals surface area contributed by atoms with Crippen LogP contribution in [-0.2, 0) is 12.8 Å². The van der Waals surface area contributed by atoms with E-state index in [2.05, 4.69) is 41.4 Å². The lowest BCUT2D eigenvalue weighted by Gasteiger charge is -2.01. The van der Waals surface area contributed by atoms with Crippen LogP contribution in [0.5, 0.6) is 0 Å². The first-order valence-corrected chi connectivity index (χ1v) is 7.06. The number of halogens is 1. The fourth-order valence-corrected chi connectivity index (χ4v) is 2.69. The van der Waals surface area contributed by atoms with Crippen molar-refractivity contribution in [2.75, 3.05) is 5.88 Å². The van der Waals surface area contributed by atoms with Crippen LogP contribution in [0.3, 0.4) is 0 Å². The van der Waals surface area contributed by atoms with Gasteiger partial charge in [-0.15, -0.1) is 33.1 Å². The Kier molecular flexibility index (Phi) is 4.51. The largest absolute Gasteiger partial charge is 0.144 e. The van der Waals surface area contributed by atoms with Crippen molar-refractivity contribution in [3.63, 3.8) is 0 Å². The second-order valence-corrected chi connectivity index (χ2v) is 5.51. The molecule has 0 amide bonds. The Hall–Kier alpha value is -0.930. The lowest BCUT2D eigenvalue weighted by Crippen LogP contribution is -1.90. The summed E-state index contributed by atoms with van der Waals surface area (Å²) in [6, 6.07) is 8.41. The zero-order valence-corrected chi connectivity index (χ0v) is 11.4. The molecule has 1 aromatic heterocycles. The van der Waals surface area contributed by atoms with Gasteiger partial charge >= 0.3 is 0 Å². The zero-order chi connectivity index (χ0) is 12.1. The highest BCUT2D eigenvalue weighted by Gasteiger charge is 2.06. The molecule has 1 heterocycles. The van der Waals surface area contributed by atoms with Gasteiger partial charge in [0.1, 0.15) is 10.0 Å². The summed E-state index contributed by atoms with van der Waals surface area (Å²) in [6.45, 7) is 2.13. The Morgan fingerprint density at radius 1 is 1.18 bits per heavy atom. The third kappa shape index (κ3) is 3.51. The molecule has 0 N–H and O–H groups in total. The fourth-order valence-electron chi connectivity index (χ4n) is 1.65. The van der Waals surface area contributed by atoms with Crippen LogP contribution in [0, 0.1) is 6.92 Å². The van der Waals surface area contributed by atoms with Crippen LogP contribution in [0.25, 0.3) is 0 Å². The molecule has 0 fully saturated rings. The Bertz CT molecular complexity index is 482. The van der Waals surface area contributed by atoms with Crippen molar-refractivity contribution in [2.24, 2.45) is 0 Å². The predicted octanol–water partition coefficient (Wildman–Crippen LogP) is 3.61. The molecule has 0 saturated heterocycles. The van der Waals surface area contributed by atoms with E-state index in [1.165, 1.54) is 11.1 Å². The monoisotopic (exact) mass is 266 g/mol. The molecule has 1 aromatic carbocycles. The molecule has 0 aliphatic rings. The van der Waals surface area contributed by atoms with E-state index < -0.39 is 0 Å². The topological polar surface area (TPSA) is 25.8 Å². The number of benzene rings is 1. The molecule has 0 bridgehead atoms. The summed E-state index contributed by atoms with van der Waals surface area (Å²) in [7, 11) is 0. The van der Waals surface area contributed by atoms with Crippen LogP contribution in [0.1, 0.15) is 27.6 Å². The maximum atomic E-state index is 5.67. The minimum absolute atomic E-state index is 0.687. The molecule has 2 rings (SSSR count). The average molecular weight is 267 g/mol. The summed E-state index contributed by atoms with van der Waals surface area (Å²) in [5.41, 5.74) is 2.64. The minimum Gasteiger partial charge on any atom is -0.144 e. The molecular weight excluding hydrogens is 252 g/mol. The van der Waals surface area contributed by atoms with Gasteiger partial charge in [0.25, 0.3) is 0 Å². The summed E-state index contributed by atoms with van der Waals surface area (Å²) < 4.78 is 0. The Labute approximate surface area is 111 Å². The first kappa shape index (κ1) is 12.5. The first-order valence-electron chi connectivity index (χ1n) is 5.71. The maximum Gasteiger partial charge on any atom is 0.121 e. The van der Waals surface area contributed by atoms with Gasteiger partial charge in [0, 0.05) is 18.7 Å². The maximum absolute atomic E-state index is 5.67. The van der Waals surface area contributed by atoms with E-state index in [4.69, 9.17) is 11.6 Å². The number of alkyl halides is 1. The van der Waals surface area contributed by atoms with Crippen molar-refractivity contribution >= 4 is 22.9 Å². The molecular formula is C13H15ClN2S. The SMILES string of the molecule is Cc1ccccc1Cc1nnc(CCCCl)s1. The summed E-state index contributed by atoms with van der Waals surface area (Å²) in [5.74, 6) is 0.687. The molecule has 0 radical (unpaired) electrons. The Morgan fingerprint density at radius 3 is 2.71 bits per heavy atom. The molecule has 0 aliphatic carbocycles. The van der Waals surface area contributed by atoms with Crippen molar-refractivity contribution in [3.8, 4) is 0 Å². The van der Waals surface area contributed by atoms with E-state index in [1.807, 2.05) is 0 Å². The van der Waals surface area contributed by atoms with E-state index in [9.17, 15) is 0 Å². The van der Waals surface area contributed by atoms with Crippen molar-refractivity contribution in [3.05, 3.63) is 45.4 Å². The number of rotatable bonds is 5. The normalized spacial score (nSPS) is 10.7. The predicted molar refractivity (Wildman–Crippen MR) is 72.9 cm³/mol. The highest BCUT2D eigenvalue weighted by molar-refractivity contribution is 7.11. The molecule has 0 atom stereocenters. The van der Waals surface area contributed by atoms with Crippen LogP contribution >= 0.6 is 22.9 Å². The molecule has 90 valence electrons. The lowest BCUT2D eigenvalue weighted by atomic mass is 10.1. The third-order valence-corrected chi connectivity index (χ3v) is 3.89. The van der Waals surface area contributed by atoms with Crippen LogP contribution in [0.15, 0.2) is 24.3 Å². The van der Waals surface area contributed by atoms with Gasteiger partial charge in [-0.25, -0.2) is 0 Å². The third-order valence-electron chi connectivity index (χ3n) is 2.64. The molecule has 17 heavy (non-hydrogen) atoms. The van der Waals surface area contributed by atoms with E-state index in [-0.39, 0.29) is 0 Å². The molecule has 0 aliphatic heterocycles. The number of aryl methyl sites for hydroxylation is 2. The van der Waals surface area contributed by atoms with Gasteiger partial charge in [-0.3, -0.25) is 0 Å². The summed E-state index contributed by atoms with van der Waals surface area (Å²) in [5, 5.41) is 10.6. The Balaban J connectivity index is 2.04. The first-order chi connectivity index (χ1) is 8.29. The van der Waals surface area contributed by atoms with Gasteiger partial charge in [-0.2, -0.15) is 0 Å². The lowest BCUT2D eigenvalue weighted by molar-refractivity contribution is 0.873. The highest BCUT2D eigenvalue weighted by atomic mass is 35.5. The zero-order valence-electron chi connectivity index (χ0n) is 9.82. The van der Waals surface area contributed by atoms with Gasteiger partial charge in [0.15, 0.2) is 0 Å². The molecule has 2 aromatic rings. The number of hydrogen-bond acceptors (Lipinski definition) is 3. The van der Waals surface area contributed by atoms with Gasteiger partial charge in [0.05, 0.1) is 0 Å².